The van der Waals surface area contributed by atoms with E-state index < -0.39 is 0 Å². The zero-order valence-electron chi connectivity index (χ0n) is 12.9. The van der Waals surface area contributed by atoms with E-state index in [9.17, 15) is 0 Å². The van der Waals surface area contributed by atoms with Crippen LogP contribution in [-0.2, 0) is 6.54 Å². The van der Waals surface area contributed by atoms with Gasteiger partial charge in [0.1, 0.15) is 11.5 Å². The van der Waals surface area contributed by atoms with Gasteiger partial charge in [0.15, 0.2) is 0 Å². The van der Waals surface area contributed by atoms with Gasteiger partial charge >= 0.3 is 0 Å². The Bertz CT molecular complexity index is 567. The Kier molecular flexibility index (Phi) is 4.30. The zero-order chi connectivity index (χ0) is 14.7. The Morgan fingerprint density at radius 3 is 2.43 bits per heavy atom. The lowest BCUT2D eigenvalue weighted by Gasteiger charge is -2.16. The molecule has 1 saturated heterocycles. The molecule has 1 aromatic heterocycles. The maximum atomic E-state index is 5.66. The quantitative estimate of drug-likeness (QED) is 0.884. The van der Waals surface area contributed by atoms with Crippen molar-refractivity contribution in [1.82, 2.24) is 4.90 Å². The van der Waals surface area contributed by atoms with Crippen LogP contribution in [0.25, 0.3) is 0 Å². The minimum Gasteiger partial charge on any atom is -0.464 e. The van der Waals surface area contributed by atoms with Crippen LogP contribution in [0.2, 0.25) is 0 Å². The van der Waals surface area contributed by atoms with Crippen LogP contribution in [-0.4, -0.2) is 18.0 Å². The standard InChI is InChI=1S/C18H24N2O/c1-14-5-10-18(21-14)15(2)19-17-8-6-16(7-9-17)13-20-11-3-4-12-20/h5-10,15,19H,3-4,11-13H2,1-2H3. The third kappa shape index (κ3) is 3.67. The van der Waals surface area contributed by atoms with Gasteiger partial charge in [-0.15, -0.1) is 0 Å². The van der Waals surface area contributed by atoms with Crippen LogP contribution in [0.15, 0.2) is 40.8 Å². The lowest BCUT2D eigenvalue weighted by molar-refractivity contribution is 0.331. The van der Waals surface area contributed by atoms with E-state index in [4.69, 9.17) is 4.42 Å². The van der Waals surface area contributed by atoms with Gasteiger partial charge in [0.25, 0.3) is 0 Å². The highest BCUT2D eigenvalue weighted by atomic mass is 16.3. The molecule has 3 nitrogen and oxygen atoms in total. The van der Waals surface area contributed by atoms with E-state index in [0.29, 0.717) is 0 Å². The van der Waals surface area contributed by atoms with Crippen LogP contribution in [0, 0.1) is 6.92 Å². The van der Waals surface area contributed by atoms with Gasteiger partial charge in [-0.2, -0.15) is 0 Å². The highest BCUT2D eigenvalue weighted by Gasteiger charge is 2.12. The van der Waals surface area contributed by atoms with Gasteiger partial charge in [0.2, 0.25) is 0 Å². The number of hydrogen-bond acceptors (Lipinski definition) is 3. The van der Waals surface area contributed by atoms with Crippen molar-refractivity contribution in [1.29, 1.82) is 0 Å². The predicted molar refractivity (Wildman–Crippen MR) is 86.4 cm³/mol. The van der Waals surface area contributed by atoms with Gasteiger partial charge in [0.05, 0.1) is 6.04 Å². The molecule has 3 heteroatoms. The third-order valence-electron chi connectivity index (χ3n) is 4.13. The van der Waals surface area contributed by atoms with E-state index in [2.05, 4.69) is 41.4 Å². The van der Waals surface area contributed by atoms with Crippen LogP contribution in [0.3, 0.4) is 0 Å². The summed E-state index contributed by atoms with van der Waals surface area (Å²) in [6.07, 6.45) is 2.69. The Morgan fingerprint density at radius 2 is 1.81 bits per heavy atom. The number of hydrogen-bond donors (Lipinski definition) is 1. The Balaban J connectivity index is 1.58. The first-order chi connectivity index (χ1) is 10.2. The van der Waals surface area contributed by atoms with Crippen LogP contribution in [0.5, 0.6) is 0 Å². The van der Waals surface area contributed by atoms with Gasteiger partial charge < -0.3 is 9.73 Å². The molecule has 0 radical (unpaired) electrons. The monoisotopic (exact) mass is 284 g/mol. The summed E-state index contributed by atoms with van der Waals surface area (Å²) >= 11 is 0. The van der Waals surface area contributed by atoms with Crippen LogP contribution < -0.4 is 5.32 Å². The number of aryl methyl sites for hydroxylation is 1. The SMILES string of the molecule is Cc1ccc(C(C)Nc2ccc(CN3CCCC3)cc2)o1. The largest absolute Gasteiger partial charge is 0.464 e. The van der Waals surface area contributed by atoms with Crippen molar-refractivity contribution >= 4 is 5.69 Å². The van der Waals surface area contributed by atoms with E-state index in [1.165, 1.54) is 31.5 Å². The second-order valence-corrected chi connectivity index (χ2v) is 5.99. The fraction of sp³-hybridized carbons (Fsp3) is 0.444. The first kappa shape index (κ1) is 14.2. The van der Waals surface area contributed by atoms with Gasteiger partial charge in [-0.3, -0.25) is 4.90 Å². The summed E-state index contributed by atoms with van der Waals surface area (Å²) in [7, 11) is 0. The normalized spacial score (nSPS) is 17.0. The van der Waals surface area contributed by atoms with E-state index >= 15 is 0 Å². The summed E-state index contributed by atoms with van der Waals surface area (Å²) in [6, 6.07) is 13.0. The lowest BCUT2D eigenvalue weighted by atomic mass is 10.1. The summed E-state index contributed by atoms with van der Waals surface area (Å²) in [5.41, 5.74) is 2.53. The van der Waals surface area contributed by atoms with Gasteiger partial charge in [-0.1, -0.05) is 12.1 Å². The summed E-state index contributed by atoms with van der Waals surface area (Å²) in [5.74, 6) is 1.94. The number of likely N-dealkylation sites (tertiary alicyclic amines) is 1. The molecule has 0 aliphatic carbocycles. The van der Waals surface area contributed by atoms with E-state index in [-0.39, 0.29) is 6.04 Å². The van der Waals surface area contributed by atoms with Crippen molar-refractivity contribution in [2.24, 2.45) is 0 Å². The molecule has 1 unspecified atom stereocenters. The summed E-state index contributed by atoms with van der Waals surface area (Å²) in [5, 5.41) is 3.48. The van der Waals surface area contributed by atoms with Crippen LogP contribution >= 0.6 is 0 Å². The molecule has 0 amide bonds. The fourth-order valence-corrected chi connectivity index (χ4v) is 2.91. The molecule has 1 atom stereocenters. The Labute approximate surface area is 127 Å². The van der Waals surface area contributed by atoms with Crippen LogP contribution in [0.1, 0.15) is 42.9 Å². The fourth-order valence-electron chi connectivity index (χ4n) is 2.91. The Morgan fingerprint density at radius 1 is 1.10 bits per heavy atom. The molecule has 1 aliphatic rings. The smallest absolute Gasteiger partial charge is 0.126 e. The first-order valence-electron chi connectivity index (χ1n) is 7.85. The minimum atomic E-state index is 0.183. The molecule has 0 bridgehead atoms. The van der Waals surface area contributed by atoms with Crippen molar-refractivity contribution in [2.45, 2.75) is 39.3 Å². The number of nitrogens with one attached hydrogen (secondary N) is 1. The highest BCUT2D eigenvalue weighted by Crippen LogP contribution is 2.22. The molecule has 21 heavy (non-hydrogen) atoms. The van der Waals surface area contributed by atoms with Crippen molar-refractivity contribution < 1.29 is 4.42 Å². The first-order valence-corrected chi connectivity index (χ1v) is 7.85. The number of nitrogens with zero attached hydrogens (tertiary/aromatic N) is 1. The molecule has 0 saturated carbocycles. The maximum Gasteiger partial charge on any atom is 0.126 e. The molecule has 1 fully saturated rings. The summed E-state index contributed by atoms with van der Waals surface area (Å²) in [6.45, 7) is 7.66. The Hall–Kier alpha value is -1.74. The highest BCUT2D eigenvalue weighted by molar-refractivity contribution is 5.46. The molecule has 1 aromatic carbocycles. The topological polar surface area (TPSA) is 28.4 Å². The van der Waals surface area contributed by atoms with Gasteiger partial charge in [0, 0.05) is 12.2 Å². The van der Waals surface area contributed by atoms with Crippen LogP contribution in [0.4, 0.5) is 5.69 Å². The average Bonchev–Trinajstić information content (AvgIpc) is 3.12. The summed E-state index contributed by atoms with van der Waals surface area (Å²) < 4.78 is 5.66. The molecule has 2 aromatic rings. The van der Waals surface area contributed by atoms with Gasteiger partial charge in [-0.05, 0) is 69.6 Å². The molecule has 3 rings (SSSR count). The number of benzene rings is 1. The van der Waals surface area contributed by atoms with Crippen molar-refractivity contribution in [3.8, 4) is 0 Å². The molecule has 1 aliphatic heterocycles. The van der Waals surface area contributed by atoms with Gasteiger partial charge in [-0.25, -0.2) is 0 Å². The molecule has 2 heterocycles. The zero-order valence-corrected chi connectivity index (χ0v) is 12.9. The minimum absolute atomic E-state index is 0.183. The van der Waals surface area contributed by atoms with E-state index in [1.807, 2.05) is 19.1 Å². The molecule has 1 N–H and O–H groups in total. The third-order valence-corrected chi connectivity index (χ3v) is 4.13. The summed E-state index contributed by atoms with van der Waals surface area (Å²) in [4.78, 5) is 2.52. The number of anilines is 1. The van der Waals surface area contributed by atoms with Crippen molar-refractivity contribution in [3.05, 3.63) is 53.5 Å². The molecule has 112 valence electrons. The molecular weight excluding hydrogens is 260 g/mol. The molecular formula is C18H24N2O. The number of rotatable bonds is 5. The van der Waals surface area contributed by atoms with Crippen molar-refractivity contribution in [2.75, 3.05) is 18.4 Å². The lowest BCUT2D eigenvalue weighted by Crippen LogP contribution is -2.18. The van der Waals surface area contributed by atoms with Crippen molar-refractivity contribution in [3.63, 3.8) is 0 Å². The maximum absolute atomic E-state index is 5.66. The number of furan rings is 1. The van der Waals surface area contributed by atoms with E-state index in [1.54, 1.807) is 0 Å². The predicted octanol–water partition coefficient (Wildman–Crippen LogP) is 4.36. The second kappa shape index (κ2) is 6.35. The average molecular weight is 284 g/mol. The molecule has 0 spiro atoms. The van der Waals surface area contributed by atoms with E-state index in [0.717, 1.165) is 23.8 Å². The second-order valence-electron chi connectivity index (χ2n) is 5.99.